The largest absolute Gasteiger partial charge is 0.491 e. The van der Waals surface area contributed by atoms with E-state index in [1.54, 1.807) is 36.5 Å². The number of anilines is 1. The van der Waals surface area contributed by atoms with E-state index in [9.17, 15) is 9.59 Å². The molecule has 0 aliphatic carbocycles. The molecule has 0 radical (unpaired) electrons. The van der Waals surface area contributed by atoms with Crippen molar-refractivity contribution in [2.45, 2.75) is 20.3 Å². The summed E-state index contributed by atoms with van der Waals surface area (Å²) in [4.78, 5) is 29.6. The van der Waals surface area contributed by atoms with Crippen LogP contribution in [0.3, 0.4) is 0 Å². The van der Waals surface area contributed by atoms with E-state index in [0.29, 0.717) is 34.5 Å². The summed E-state index contributed by atoms with van der Waals surface area (Å²) in [6.45, 7) is 4.51. The Morgan fingerprint density at radius 1 is 1.14 bits per heavy atom. The number of amides is 1. The highest BCUT2D eigenvalue weighted by Crippen LogP contribution is 2.30. The molecule has 0 saturated carbocycles. The third-order valence-corrected chi connectivity index (χ3v) is 4.55. The minimum atomic E-state index is -0.503. The number of pyridine rings is 1. The molecule has 0 fully saturated rings. The maximum atomic E-state index is 12.8. The van der Waals surface area contributed by atoms with Gasteiger partial charge in [-0.05, 0) is 49.7 Å². The quantitative estimate of drug-likeness (QED) is 0.536. The van der Waals surface area contributed by atoms with Crippen molar-refractivity contribution in [3.8, 4) is 5.75 Å². The fourth-order valence-electron chi connectivity index (χ4n) is 3.15. The van der Waals surface area contributed by atoms with E-state index in [4.69, 9.17) is 9.15 Å². The number of carbonyl (C=O) groups excluding carboxylic acids is 1. The number of carbonyl (C=O) groups is 1. The van der Waals surface area contributed by atoms with Crippen molar-refractivity contribution in [2.24, 2.45) is 0 Å². The predicted molar refractivity (Wildman–Crippen MR) is 113 cm³/mol. The third-order valence-electron chi connectivity index (χ3n) is 4.55. The van der Waals surface area contributed by atoms with E-state index >= 15 is 0 Å². The van der Waals surface area contributed by atoms with Crippen molar-refractivity contribution in [2.75, 3.05) is 11.9 Å². The van der Waals surface area contributed by atoms with Crippen LogP contribution in [0.25, 0.3) is 21.9 Å². The molecule has 6 nitrogen and oxygen atoms in total. The molecule has 29 heavy (non-hydrogen) atoms. The lowest BCUT2D eigenvalue weighted by Gasteiger charge is -2.12. The van der Waals surface area contributed by atoms with Gasteiger partial charge in [0.1, 0.15) is 16.8 Å². The molecule has 0 aliphatic rings. The average molecular weight is 388 g/mol. The molecule has 1 amide bonds. The Bertz CT molecular complexity index is 1280. The summed E-state index contributed by atoms with van der Waals surface area (Å²) in [7, 11) is 0. The second kappa shape index (κ2) is 7.75. The molecule has 2 heterocycles. The molecule has 0 bridgehead atoms. The summed E-state index contributed by atoms with van der Waals surface area (Å²) in [5.41, 5.74) is 2.30. The number of ether oxygens (including phenoxy) is 1. The number of hydrogen-bond donors (Lipinski definition) is 1. The Morgan fingerprint density at radius 3 is 2.83 bits per heavy atom. The Labute approximate surface area is 167 Å². The second-order valence-corrected chi connectivity index (χ2v) is 6.79. The lowest BCUT2D eigenvalue weighted by molar-refractivity contribution is 0.0997. The van der Waals surface area contributed by atoms with Crippen LogP contribution in [0.1, 0.15) is 29.5 Å². The van der Waals surface area contributed by atoms with E-state index in [1.165, 1.54) is 6.07 Å². The van der Waals surface area contributed by atoms with Gasteiger partial charge in [-0.3, -0.25) is 14.6 Å². The van der Waals surface area contributed by atoms with Crippen LogP contribution in [-0.2, 0) is 0 Å². The van der Waals surface area contributed by atoms with Crippen molar-refractivity contribution < 1.29 is 13.9 Å². The highest BCUT2D eigenvalue weighted by Gasteiger charge is 2.15. The van der Waals surface area contributed by atoms with Gasteiger partial charge in [-0.25, -0.2) is 0 Å². The van der Waals surface area contributed by atoms with Crippen molar-refractivity contribution in [3.05, 3.63) is 76.3 Å². The highest BCUT2D eigenvalue weighted by atomic mass is 16.5. The summed E-state index contributed by atoms with van der Waals surface area (Å²) in [5, 5.41) is 4.02. The molecule has 4 rings (SSSR count). The number of aromatic nitrogens is 1. The van der Waals surface area contributed by atoms with E-state index in [0.717, 1.165) is 17.4 Å². The molecule has 2 aromatic carbocycles. The maximum Gasteiger partial charge on any atom is 0.291 e. The van der Waals surface area contributed by atoms with Crippen molar-refractivity contribution in [1.82, 2.24) is 4.98 Å². The van der Waals surface area contributed by atoms with Gasteiger partial charge >= 0.3 is 0 Å². The Kier molecular flexibility index (Phi) is 4.99. The lowest BCUT2D eigenvalue weighted by atomic mass is 10.1. The maximum absolute atomic E-state index is 12.8. The highest BCUT2D eigenvalue weighted by molar-refractivity contribution is 6.08. The SMILES string of the molecule is CCCOc1ccc(NC(=O)c2cc(=O)c3cc(C)ccc3o2)c2cccnc12. The molecular formula is C23H20N2O4. The monoisotopic (exact) mass is 388 g/mol. The molecule has 0 aliphatic heterocycles. The summed E-state index contributed by atoms with van der Waals surface area (Å²) < 4.78 is 11.4. The summed E-state index contributed by atoms with van der Waals surface area (Å²) in [5.74, 6) is 0.111. The zero-order valence-corrected chi connectivity index (χ0v) is 16.2. The summed E-state index contributed by atoms with van der Waals surface area (Å²) in [6.07, 6.45) is 2.56. The van der Waals surface area contributed by atoms with E-state index in [-0.39, 0.29) is 11.2 Å². The van der Waals surface area contributed by atoms with Gasteiger partial charge in [0, 0.05) is 17.6 Å². The molecule has 1 N–H and O–H groups in total. The van der Waals surface area contributed by atoms with Crippen LogP contribution in [0.4, 0.5) is 5.69 Å². The van der Waals surface area contributed by atoms with Crippen molar-refractivity contribution in [1.29, 1.82) is 0 Å². The van der Waals surface area contributed by atoms with Crippen LogP contribution in [0.2, 0.25) is 0 Å². The molecule has 2 aromatic heterocycles. The van der Waals surface area contributed by atoms with Gasteiger partial charge in [0.25, 0.3) is 5.91 Å². The number of nitrogens with zero attached hydrogens (tertiary/aromatic N) is 1. The van der Waals surface area contributed by atoms with Crippen molar-refractivity contribution >= 4 is 33.5 Å². The van der Waals surface area contributed by atoms with Crippen LogP contribution >= 0.6 is 0 Å². The molecule has 0 saturated heterocycles. The van der Waals surface area contributed by atoms with Gasteiger partial charge in [-0.15, -0.1) is 0 Å². The number of hydrogen-bond acceptors (Lipinski definition) is 5. The predicted octanol–water partition coefficient (Wildman–Crippen LogP) is 4.69. The third kappa shape index (κ3) is 3.69. The molecular weight excluding hydrogens is 368 g/mol. The normalized spacial score (nSPS) is 11.0. The number of benzene rings is 2. The first-order chi connectivity index (χ1) is 14.1. The lowest BCUT2D eigenvalue weighted by Crippen LogP contribution is -2.15. The fraction of sp³-hybridized carbons (Fsp3) is 0.174. The van der Waals surface area contributed by atoms with Crippen LogP contribution in [0.15, 0.2) is 63.9 Å². The molecule has 0 atom stereocenters. The number of nitrogens with one attached hydrogen (secondary N) is 1. The van der Waals surface area contributed by atoms with Crippen LogP contribution in [0, 0.1) is 6.92 Å². The minimum absolute atomic E-state index is 0.0466. The fourth-order valence-corrected chi connectivity index (χ4v) is 3.15. The first kappa shape index (κ1) is 18.7. The van der Waals surface area contributed by atoms with E-state index in [1.807, 2.05) is 26.0 Å². The van der Waals surface area contributed by atoms with Crippen LogP contribution in [-0.4, -0.2) is 17.5 Å². The van der Waals surface area contributed by atoms with E-state index in [2.05, 4.69) is 10.3 Å². The number of fused-ring (bicyclic) bond motifs is 2. The smallest absolute Gasteiger partial charge is 0.291 e. The minimum Gasteiger partial charge on any atom is -0.491 e. The first-order valence-electron chi connectivity index (χ1n) is 9.43. The average Bonchev–Trinajstić information content (AvgIpc) is 2.73. The van der Waals surface area contributed by atoms with Crippen LogP contribution < -0.4 is 15.5 Å². The molecule has 0 unspecified atom stereocenters. The number of rotatable bonds is 5. The Hall–Kier alpha value is -3.67. The first-order valence-corrected chi connectivity index (χ1v) is 9.43. The van der Waals surface area contributed by atoms with E-state index < -0.39 is 5.91 Å². The topological polar surface area (TPSA) is 81.4 Å². The molecule has 146 valence electrons. The van der Waals surface area contributed by atoms with Gasteiger partial charge in [0.2, 0.25) is 0 Å². The zero-order chi connectivity index (χ0) is 20.4. The second-order valence-electron chi connectivity index (χ2n) is 6.79. The van der Waals surface area contributed by atoms with Crippen molar-refractivity contribution in [3.63, 3.8) is 0 Å². The number of aryl methyl sites for hydroxylation is 1. The zero-order valence-electron chi connectivity index (χ0n) is 16.2. The molecule has 0 spiro atoms. The standard InChI is InChI=1S/C23H20N2O4/c1-3-11-28-20-9-7-17(15-5-4-10-24-22(15)20)25-23(27)21-13-18(26)16-12-14(2)6-8-19(16)29-21/h4-10,12-13H,3,11H2,1-2H3,(H,25,27). The van der Waals surface area contributed by atoms with Gasteiger partial charge in [-0.1, -0.05) is 18.6 Å². The molecule has 6 heteroatoms. The summed E-state index contributed by atoms with van der Waals surface area (Å²) in [6, 6.07) is 13.7. The van der Waals surface area contributed by atoms with Gasteiger partial charge in [0.15, 0.2) is 11.2 Å². The molecule has 4 aromatic rings. The van der Waals surface area contributed by atoms with Gasteiger partial charge in [0.05, 0.1) is 17.7 Å². The summed E-state index contributed by atoms with van der Waals surface area (Å²) >= 11 is 0. The van der Waals surface area contributed by atoms with Crippen LogP contribution in [0.5, 0.6) is 5.75 Å². The van der Waals surface area contributed by atoms with Gasteiger partial charge < -0.3 is 14.5 Å². The van der Waals surface area contributed by atoms with Gasteiger partial charge in [-0.2, -0.15) is 0 Å². The Morgan fingerprint density at radius 2 is 2.00 bits per heavy atom. The Balaban J connectivity index is 1.70.